The van der Waals surface area contributed by atoms with Crippen molar-refractivity contribution in [3.63, 3.8) is 0 Å². The van der Waals surface area contributed by atoms with Gasteiger partial charge in [0.05, 0.1) is 5.02 Å². The number of anilines is 1. The smallest absolute Gasteiger partial charge is 0.277 e. The fourth-order valence-electron chi connectivity index (χ4n) is 1.63. The molecule has 5 heteroatoms. The largest absolute Gasteiger partial charge is 0.321 e. The van der Waals surface area contributed by atoms with Gasteiger partial charge >= 0.3 is 0 Å². The normalized spacial score (nSPS) is 10.4. The summed E-state index contributed by atoms with van der Waals surface area (Å²) in [5, 5.41) is 7.12. The molecule has 18 heavy (non-hydrogen) atoms. The fraction of sp³-hybridized carbons (Fsp3) is 0.231. The lowest BCUT2D eigenvalue weighted by molar-refractivity contribution is 0.102. The van der Waals surface area contributed by atoms with E-state index in [4.69, 9.17) is 11.6 Å². The summed E-state index contributed by atoms with van der Waals surface area (Å²) in [6, 6.07) is 7.70. The summed E-state index contributed by atoms with van der Waals surface area (Å²) in [6.45, 7) is 2.08. The van der Waals surface area contributed by atoms with Crippen LogP contribution in [0.5, 0.6) is 0 Å². The van der Waals surface area contributed by atoms with Crippen molar-refractivity contribution >= 4 is 23.2 Å². The van der Waals surface area contributed by atoms with Crippen LogP contribution in [0.25, 0.3) is 0 Å². The molecule has 4 nitrogen and oxygen atoms in total. The fourth-order valence-corrected chi connectivity index (χ4v) is 1.89. The topological polar surface area (TPSA) is 46.9 Å². The Morgan fingerprint density at radius 1 is 1.39 bits per heavy atom. The van der Waals surface area contributed by atoms with E-state index in [9.17, 15) is 4.79 Å². The summed E-state index contributed by atoms with van der Waals surface area (Å²) in [4.78, 5) is 11.9. The Hall–Kier alpha value is -1.81. The van der Waals surface area contributed by atoms with E-state index in [2.05, 4.69) is 17.3 Å². The number of benzene rings is 1. The zero-order chi connectivity index (χ0) is 13.1. The molecule has 1 heterocycles. The van der Waals surface area contributed by atoms with Gasteiger partial charge in [0.1, 0.15) is 0 Å². The van der Waals surface area contributed by atoms with Gasteiger partial charge in [-0.15, -0.1) is 0 Å². The summed E-state index contributed by atoms with van der Waals surface area (Å²) in [5.41, 5.74) is 2.20. The first kappa shape index (κ1) is 12.6. The summed E-state index contributed by atoms with van der Waals surface area (Å²) in [7, 11) is 1.72. The van der Waals surface area contributed by atoms with E-state index >= 15 is 0 Å². The Balaban J connectivity index is 2.13. The van der Waals surface area contributed by atoms with Crippen LogP contribution in [0, 0.1) is 0 Å². The highest BCUT2D eigenvalue weighted by Crippen LogP contribution is 2.16. The Bertz CT molecular complexity index is 560. The predicted octanol–water partition coefficient (Wildman–Crippen LogP) is 2.89. The van der Waals surface area contributed by atoms with Crippen molar-refractivity contribution in [1.82, 2.24) is 9.78 Å². The molecular weight excluding hydrogens is 250 g/mol. The van der Waals surface area contributed by atoms with Crippen molar-refractivity contribution < 1.29 is 4.79 Å². The predicted molar refractivity (Wildman–Crippen MR) is 72.0 cm³/mol. The monoisotopic (exact) mass is 263 g/mol. The van der Waals surface area contributed by atoms with Gasteiger partial charge in [0.25, 0.3) is 5.91 Å². The van der Waals surface area contributed by atoms with Gasteiger partial charge in [0, 0.05) is 18.9 Å². The van der Waals surface area contributed by atoms with E-state index in [1.807, 2.05) is 24.3 Å². The number of hydrogen-bond donors (Lipinski definition) is 1. The average molecular weight is 264 g/mol. The number of aromatic nitrogens is 2. The minimum atomic E-state index is -0.301. The first-order chi connectivity index (χ1) is 8.60. The number of nitrogens with zero attached hydrogens (tertiary/aromatic N) is 2. The minimum absolute atomic E-state index is 0.235. The number of hydrogen-bond acceptors (Lipinski definition) is 2. The molecule has 1 aromatic carbocycles. The zero-order valence-electron chi connectivity index (χ0n) is 10.3. The maximum atomic E-state index is 11.9. The average Bonchev–Trinajstić information content (AvgIpc) is 2.69. The van der Waals surface area contributed by atoms with E-state index in [1.54, 1.807) is 13.2 Å². The van der Waals surface area contributed by atoms with E-state index in [-0.39, 0.29) is 11.6 Å². The van der Waals surface area contributed by atoms with Gasteiger partial charge in [-0.2, -0.15) is 5.10 Å². The van der Waals surface area contributed by atoms with E-state index in [1.165, 1.54) is 10.2 Å². The lowest BCUT2D eigenvalue weighted by atomic mass is 10.1. The summed E-state index contributed by atoms with van der Waals surface area (Å²) in [6.07, 6.45) is 2.57. The SMILES string of the molecule is CCc1ccc(NC(=O)c2nn(C)cc2Cl)cc1. The third-order valence-corrected chi connectivity index (χ3v) is 2.90. The Labute approximate surface area is 111 Å². The molecule has 0 atom stereocenters. The highest BCUT2D eigenvalue weighted by Gasteiger charge is 2.14. The number of nitrogens with one attached hydrogen (secondary N) is 1. The van der Waals surface area contributed by atoms with Gasteiger partial charge in [0.2, 0.25) is 0 Å². The van der Waals surface area contributed by atoms with Crippen molar-refractivity contribution in [1.29, 1.82) is 0 Å². The van der Waals surface area contributed by atoms with Crippen LogP contribution in [0.15, 0.2) is 30.5 Å². The molecule has 0 saturated carbocycles. The molecule has 0 bridgehead atoms. The van der Waals surface area contributed by atoms with Crippen molar-refractivity contribution in [2.45, 2.75) is 13.3 Å². The van der Waals surface area contributed by atoms with Gasteiger partial charge < -0.3 is 5.32 Å². The van der Waals surface area contributed by atoms with Crippen LogP contribution in [0.1, 0.15) is 23.0 Å². The molecule has 0 radical (unpaired) electrons. The molecule has 0 saturated heterocycles. The minimum Gasteiger partial charge on any atom is -0.321 e. The van der Waals surface area contributed by atoms with Gasteiger partial charge in [-0.3, -0.25) is 9.48 Å². The molecule has 0 aliphatic heterocycles. The third-order valence-electron chi connectivity index (χ3n) is 2.62. The van der Waals surface area contributed by atoms with Crippen molar-refractivity contribution in [2.75, 3.05) is 5.32 Å². The molecule has 0 unspecified atom stereocenters. The van der Waals surface area contributed by atoms with Crippen LogP contribution < -0.4 is 5.32 Å². The second-order valence-electron chi connectivity index (χ2n) is 4.00. The molecule has 0 aliphatic rings. The molecule has 0 aliphatic carbocycles. The zero-order valence-corrected chi connectivity index (χ0v) is 11.0. The van der Waals surface area contributed by atoms with Crippen molar-refractivity contribution in [2.24, 2.45) is 7.05 Å². The summed E-state index contributed by atoms with van der Waals surface area (Å²) < 4.78 is 1.51. The number of amides is 1. The number of aryl methyl sites for hydroxylation is 2. The molecule has 1 amide bonds. The van der Waals surface area contributed by atoms with Crippen LogP contribution in [-0.4, -0.2) is 15.7 Å². The molecule has 94 valence electrons. The number of carbonyl (C=O) groups excluding carboxylic acids is 1. The maximum Gasteiger partial charge on any atom is 0.277 e. The second-order valence-corrected chi connectivity index (χ2v) is 4.41. The number of carbonyl (C=O) groups is 1. The van der Waals surface area contributed by atoms with Crippen LogP contribution in [0.3, 0.4) is 0 Å². The third kappa shape index (κ3) is 2.71. The molecule has 2 aromatic rings. The summed E-state index contributed by atoms with van der Waals surface area (Å²) >= 11 is 5.91. The first-order valence-electron chi connectivity index (χ1n) is 5.69. The maximum absolute atomic E-state index is 11.9. The van der Waals surface area contributed by atoms with Gasteiger partial charge in [-0.05, 0) is 24.1 Å². The van der Waals surface area contributed by atoms with Gasteiger partial charge in [-0.1, -0.05) is 30.7 Å². The Morgan fingerprint density at radius 3 is 2.56 bits per heavy atom. The Kier molecular flexibility index (Phi) is 3.67. The van der Waals surface area contributed by atoms with Crippen LogP contribution in [-0.2, 0) is 13.5 Å². The van der Waals surface area contributed by atoms with Crippen LogP contribution in [0.2, 0.25) is 5.02 Å². The highest BCUT2D eigenvalue weighted by atomic mass is 35.5. The molecule has 2 rings (SSSR count). The highest BCUT2D eigenvalue weighted by molar-refractivity contribution is 6.34. The molecule has 1 aromatic heterocycles. The lowest BCUT2D eigenvalue weighted by Gasteiger charge is -2.04. The first-order valence-corrected chi connectivity index (χ1v) is 6.07. The number of halogens is 1. The molecule has 0 fully saturated rings. The van der Waals surface area contributed by atoms with Gasteiger partial charge in [0.15, 0.2) is 5.69 Å². The second kappa shape index (κ2) is 5.23. The van der Waals surface area contributed by atoms with E-state index < -0.39 is 0 Å². The van der Waals surface area contributed by atoms with E-state index in [0.717, 1.165) is 12.1 Å². The number of rotatable bonds is 3. The van der Waals surface area contributed by atoms with Crippen LogP contribution >= 0.6 is 11.6 Å². The van der Waals surface area contributed by atoms with Crippen LogP contribution in [0.4, 0.5) is 5.69 Å². The Morgan fingerprint density at radius 2 is 2.06 bits per heavy atom. The molecular formula is C13H14ClN3O. The molecule has 0 spiro atoms. The van der Waals surface area contributed by atoms with Crippen molar-refractivity contribution in [3.8, 4) is 0 Å². The van der Waals surface area contributed by atoms with Crippen molar-refractivity contribution in [3.05, 3.63) is 46.7 Å². The summed E-state index contributed by atoms with van der Waals surface area (Å²) in [5.74, 6) is -0.301. The quantitative estimate of drug-likeness (QED) is 0.926. The lowest BCUT2D eigenvalue weighted by Crippen LogP contribution is -2.13. The van der Waals surface area contributed by atoms with E-state index in [0.29, 0.717) is 5.02 Å². The van der Waals surface area contributed by atoms with Gasteiger partial charge in [-0.25, -0.2) is 0 Å². The standard InChI is InChI=1S/C13H14ClN3O/c1-3-9-4-6-10(7-5-9)15-13(18)12-11(14)8-17(2)16-12/h4-8H,3H2,1-2H3,(H,15,18). The molecule has 1 N–H and O–H groups in total.